The van der Waals surface area contributed by atoms with E-state index in [0.29, 0.717) is 33.7 Å². The first-order valence-corrected chi connectivity index (χ1v) is 11.5. The third-order valence-electron chi connectivity index (χ3n) is 5.66. The van der Waals surface area contributed by atoms with Crippen molar-refractivity contribution in [2.24, 2.45) is 0 Å². The van der Waals surface area contributed by atoms with Crippen LogP contribution >= 0.6 is 11.6 Å². The molecule has 1 heterocycles. The first-order chi connectivity index (χ1) is 16.9. The molecule has 4 rings (SSSR count). The lowest BCUT2D eigenvalue weighted by Gasteiger charge is -2.13. The van der Waals surface area contributed by atoms with Gasteiger partial charge in [-0.05, 0) is 53.5 Å². The van der Waals surface area contributed by atoms with Gasteiger partial charge in [-0.2, -0.15) is 4.98 Å². The fourth-order valence-electron chi connectivity index (χ4n) is 3.78. The molecule has 0 atom stereocenters. The lowest BCUT2D eigenvalue weighted by atomic mass is 9.99. The van der Waals surface area contributed by atoms with Crippen molar-refractivity contribution in [2.45, 2.75) is 19.8 Å². The first kappa shape index (κ1) is 24.1. The van der Waals surface area contributed by atoms with Gasteiger partial charge in [0.2, 0.25) is 0 Å². The van der Waals surface area contributed by atoms with Crippen LogP contribution in [-0.2, 0) is 0 Å². The van der Waals surface area contributed by atoms with E-state index in [9.17, 15) is 4.79 Å². The number of aromatic nitrogens is 2. The summed E-state index contributed by atoms with van der Waals surface area (Å²) in [6, 6.07) is 19.0. The Balaban J connectivity index is 1.85. The minimum atomic E-state index is -0.395. The Morgan fingerprint density at radius 3 is 2.54 bits per heavy atom. The number of methoxy groups -OCH3 is 1. The summed E-state index contributed by atoms with van der Waals surface area (Å²) in [6.45, 7) is 4.43. The molecule has 0 saturated heterocycles. The van der Waals surface area contributed by atoms with E-state index in [1.807, 2.05) is 30.3 Å². The number of hydrogen-bond acceptors (Lipinski definition) is 4. The molecule has 3 aromatic carbocycles. The third kappa shape index (κ3) is 5.24. The van der Waals surface area contributed by atoms with E-state index in [1.54, 1.807) is 37.6 Å². The Labute approximate surface area is 209 Å². The molecule has 0 radical (unpaired) electrons. The van der Waals surface area contributed by atoms with Gasteiger partial charge >= 0.3 is 5.69 Å². The Morgan fingerprint density at radius 2 is 1.89 bits per heavy atom. The third-order valence-corrected chi connectivity index (χ3v) is 5.96. The molecule has 1 aromatic heterocycles. The van der Waals surface area contributed by atoms with Crippen LogP contribution in [0.25, 0.3) is 34.4 Å². The van der Waals surface area contributed by atoms with Gasteiger partial charge in [0.15, 0.2) is 0 Å². The fraction of sp³-hybridized carbons (Fsp3) is 0.172. The summed E-state index contributed by atoms with van der Waals surface area (Å²) in [5, 5.41) is 1.26. The van der Waals surface area contributed by atoms with Crippen molar-refractivity contribution in [3.05, 3.63) is 87.3 Å². The average Bonchev–Trinajstić information content (AvgIpc) is 2.86. The highest BCUT2D eigenvalue weighted by Gasteiger charge is 2.13. The number of fused-ring (bicyclic) bond motifs is 1. The van der Waals surface area contributed by atoms with Crippen LogP contribution in [-0.4, -0.2) is 23.3 Å². The molecular formula is C29H25ClN2O3. The number of benzene rings is 3. The largest absolute Gasteiger partial charge is 0.495 e. The maximum atomic E-state index is 13.1. The molecule has 0 fully saturated rings. The summed E-state index contributed by atoms with van der Waals surface area (Å²) >= 11 is 6.25. The van der Waals surface area contributed by atoms with Gasteiger partial charge in [0.25, 0.3) is 0 Å². The van der Waals surface area contributed by atoms with Crippen molar-refractivity contribution in [1.29, 1.82) is 0 Å². The van der Waals surface area contributed by atoms with Gasteiger partial charge in [0.05, 0.1) is 23.3 Å². The van der Waals surface area contributed by atoms with E-state index in [1.165, 1.54) is 10.1 Å². The Morgan fingerprint density at radius 1 is 1.11 bits per heavy atom. The van der Waals surface area contributed by atoms with Gasteiger partial charge in [-0.15, -0.1) is 6.42 Å². The van der Waals surface area contributed by atoms with E-state index in [-0.39, 0.29) is 6.61 Å². The zero-order valence-electron chi connectivity index (χ0n) is 19.8. The number of hydrogen-bond donors (Lipinski definition) is 0. The number of halogens is 1. The van der Waals surface area contributed by atoms with Crippen molar-refractivity contribution in [1.82, 2.24) is 9.55 Å². The summed E-state index contributed by atoms with van der Waals surface area (Å²) in [6.07, 6.45) is 8.84. The molecule has 0 N–H and O–H groups in total. The topological polar surface area (TPSA) is 53.3 Å². The molecule has 0 aliphatic heterocycles. The number of nitrogens with zero attached hydrogens (tertiary/aromatic N) is 2. The molecule has 6 heteroatoms. The molecule has 0 spiro atoms. The number of terminal acetylenes is 1. The molecule has 0 saturated carbocycles. The van der Waals surface area contributed by atoms with E-state index in [4.69, 9.17) is 27.5 Å². The zero-order chi connectivity index (χ0) is 24.9. The molecule has 0 bridgehead atoms. The Hall–Kier alpha value is -4.01. The van der Waals surface area contributed by atoms with Crippen LogP contribution in [0.2, 0.25) is 5.02 Å². The summed E-state index contributed by atoms with van der Waals surface area (Å²) in [4.78, 5) is 17.6. The Kier molecular flexibility index (Phi) is 7.24. The molecular weight excluding hydrogens is 460 g/mol. The smallest absolute Gasteiger partial charge is 0.352 e. The highest BCUT2D eigenvalue weighted by atomic mass is 35.5. The molecule has 4 aromatic rings. The zero-order valence-corrected chi connectivity index (χ0v) is 20.5. The maximum Gasteiger partial charge on any atom is 0.352 e. The summed E-state index contributed by atoms with van der Waals surface area (Å²) in [5.41, 5.74) is 3.77. The highest BCUT2D eigenvalue weighted by molar-refractivity contribution is 6.32. The minimum absolute atomic E-state index is 0.148. The average molecular weight is 485 g/mol. The van der Waals surface area contributed by atoms with Gasteiger partial charge in [0.1, 0.15) is 18.1 Å². The predicted octanol–water partition coefficient (Wildman–Crippen LogP) is 6.49. The molecule has 0 unspecified atom stereocenters. The van der Waals surface area contributed by atoms with Gasteiger partial charge in [-0.1, -0.05) is 61.7 Å². The van der Waals surface area contributed by atoms with Crippen LogP contribution in [0.5, 0.6) is 11.5 Å². The first-order valence-electron chi connectivity index (χ1n) is 11.2. The summed E-state index contributed by atoms with van der Waals surface area (Å²) in [7, 11) is 1.56. The molecule has 0 amide bonds. The van der Waals surface area contributed by atoms with Crippen LogP contribution in [0.3, 0.4) is 0 Å². The molecule has 5 nitrogen and oxygen atoms in total. The van der Waals surface area contributed by atoms with E-state index >= 15 is 0 Å². The quantitative estimate of drug-likeness (QED) is 0.281. The summed E-state index contributed by atoms with van der Waals surface area (Å²) in [5.74, 6) is 4.07. The van der Waals surface area contributed by atoms with Crippen LogP contribution in [0.4, 0.5) is 0 Å². The second-order valence-electron chi connectivity index (χ2n) is 8.27. The predicted molar refractivity (Wildman–Crippen MR) is 143 cm³/mol. The molecule has 35 heavy (non-hydrogen) atoms. The van der Waals surface area contributed by atoms with Crippen molar-refractivity contribution < 1.29 is 9.47 Å². The van der Waals surface area contributed by atoms with Crippen LogP contribution < -0.4 is 15.2 Å². The standard InChI is InChI=1S/C29H25ClN2O3/c1-5-16-35-23-11-12-26-24(18-23)28(22-9-7-21(8-10-22)19(2)3)31-29(33)32(26)15-14-20-6-13-27(34-4)25(30)17-20/h1,6-15,17-19H,16H2,2-4H3/b15-14+. The van der Waals surface area contributed by atoms with Crippen LogP contribution in [0, 0.1) is 12.3 Å². The Bertz CT molecular complexity index is 1500. The lowest BCUT2D eigenvalue weighted by molar-refractivity contribution is 0.371. The van der Waals surface area contributed by atoms with Gasteiger partial charge in [0, 0.05) is 17.1 Å². The lowest BCUT2D eigenvalue weighted by Crippen LogP contribution is -2.20. The van der Waals surface area contributed by atoms with E-state index in [0.717, 1.165) is 16.5 Å². The second kappa shape index (κ2) is 10.5. The summed E-state index contributed by atoms with van der Waals surface area (Å²) < 4.78 is 12.4. The van der Waals surface area contributed by atoms with Crippen LogP contribution in [0.1, 0.15) is 30.9 Å². The van der Waals surface area contributed by atoms with Crippen molar-refractivity contribution in [2.75, 3.05) is 13.7 Å². The van der Waals surface area contributed by atoms with Gasteiger partial charge in [-0.25, -0.2) is 4.79 Å². The van der Waals surface area contributed by atoms with E-state index < -0.39 is 5.69 Å². The van der Waals surface area contributed by atoms with Crippen molar-refractivity contribution >= 4 is 34.8 Å². The fourth-order valence-corrected chi connectivity index (χ4v) is 4.05. The normalized spacial score (nSPS) is 11.2. The second-order valence-corrected chi connectivity index (χ2v) is 8.68. The van der Waals surface area contributed by atoms with E-state index in [2.05, 4.69) is 36.9 Å². The minimum Gasteiger partial charge on any atom is -0.495 e. The SMILES string of the molecule is C#CCOc1ccc2c(c1)c(-c1ccc(C(C)C)cc1)nc(=O)n2/C=C/c1ccc(OC)c(Cl)c1. The highest BCUT2D eigenvalue weighted by Crippen LogP contribution is 2.30. The molecule has 0 aliphatic carbocycles. The number of rotatable bonds is 7. The molecule has 0 aliphatic rings. The monoisotopic (exact) mass is 484 g/mol. The number of ether oxygens (including phenoxy) is 2. The van der Waals surface area contributed by atoms with Crippen molar-refractivity contribution in [3.63, 3.8) is 0 Å². The maximum absolute atomic E-state index is 13.1. The van der Waals surface area contributed by atoms with Gasteiger partial charge < -0.3 is 9.47 Å². The van der Waals surface area contributed by atoms with Crippen LogP contribution in [0.15, 0.2) is 65.5 Å². The molecule has 176 valence electrons. The van der Waals surface area contributed by atoms with Crippen molar-refractivity contribution in [3.8, 4) is 35.1 Å². The van der Waals surface area contributed by atoms with Gasteiger partial charge in [-0.3, -0.25) is 4.57 Å².